The molecule has 1 saturated heterocycles. The van der Waals surface area contributed by atoms with Crippen LogP contribution in [0, 0.1) is 0 Å². The lowest BCUT2D eigenvalue weighted by Gasteiger charge is -2.36. The van der Waals surface area contributed by atoms with Crippen molar-refractivity contribution in [1.29, 1.82) is 0 Å². The number of aliphatic carboxylic acids is 1. The second-order valence-corrected chi connectivity index (χ2v) is 7.21. The molecular formula is C21H31NO5. The molecule has 1 aliphatic heterocycles. The van der Waals surface area contributed by atoms with Crippen molar-refractivity contribution in [2.75, 3.05) is 19.8 Å². The van der Waals surface area contributed by atoms with Crippen LogP contribution in [0.4, 0.5) is 0 Å². The predicted molar refractivity (Wildman–Crippen MR) is 102 cm³/mol. The molecule has 1 aliphatic rings. The van der Waals surface area contributed by atoms with Gasteiger partial charge < -0.3 is 19.8 Å². The van der Waals surface area contributed by atoms with E-state index < -0.39 is 12.1 Å². The molecule has 150 valence electrons. The van der Waals surface area contributed by atoms with Crippen LogP contribution >= 0.6 is 0 Å². The highest BCUT2D eigenvalue weighted by Crippen LogP contribution is 2.23. The van der Waals surface area contributed by atoms with Crippen molar-refractivity contribution in [3.63, 3.8) is 0 Å². The van der Waals surface area contributed by atoms with E-state index in [4.69, 9.17) is 9.84 Å². The third kappa shape index (κ3) is 8.10. The van der Waals surface area contributed by atoms with Crippen molar-refractivity contribution < 1.29 is 24.5 Å². The maximum Gasteiger partial charge on any atom is 0.329 e. The minimum Gasteiger partial charge on any atom is -0.480 e. The highest BCUT2D eigenvalue weighted by Gasteiger charge is 2.27. The SMILES string of the molecule is O=C(O)COCCCCN1C(=O)CCC[C@@H]1CCC(O)Cc1ccccc1. The minimum absolute atomic E-state index is 0.190. The summed E-state index contributed by atoms with van der Waals surface area (Å²) < 4.78 is 5.04. The number of carbonyl (C=O) groups is 2. The summed E-state index contributed by atoms with van der Waals surface area (Å²) in [7, 11) is 0. The molecule has 0 aliphatic carbocycles. The van der Waals surface area contributed by atoms with Crippen molar-refractivity contribution >= 4 is 11.9 Å². The molecular weight excluding hydrogens is 346 g/mol. The molecule has 1 aromatic carbocycles. The Labute approximate surface area is 161 Å². The number of ether oxygens (including phenoxy) is 1. The standard InChI is InChI=1S/C21H31NO5/c23-19(15-17-7-2-1-3-8-17)12-11-18-9-6-10-20(24)22(18)13-4-5-14-27-16-21(25)26/h1-3,7-8,18-19,23H,4-6,9-16H2,(H,25,26)/t18-,19?/m1/s1. The van der Waals surface area contributed by atoms with Crippen LogP contribution in [0.3, 0.4) is 0 Å². The van der Waals surface area contributed by atoms with Gasteiger partial charge in [0.2, 0.25) is 5.91 Å². The number of carboxylic acids is 1. The summed E-state index contributed by atoms with van der Waals surface area (Å²) in [4.78, 5) is 24.7. The number of hydrogen-bond donors (Lipinski definition) is 2. The van der Waals surface area contributed by atoms with E-state index in [1.807, 2.05) is 35.2 Å². The number of likely N-dealkylation sites (tertiary alicyclic amines) is 1. The zero-order chi connectivity index (χ0) is 19.5. The van der Waals surface area contributed by atoms with Crippen LogP contribution in [0.5, 0.6) is 0 Å². The topological polar surface area (TPSA) is 87.1 Å². The van der Waals surface area contributed by atoms with Gasteiger partial charge in [-0.15, -0.1) is 0 Å². The lowest BCUT2D eigenvalue weighted by atomic mass is 9.94. The van der Waals surface area contributed by atoms with E-state index in [0.29, 0.717) is 32.4 Å². The second-order valence-electron chi connectivity index (χ2n) is 7.21. The number of hydrogen-bond acceptors (Lipinski definition) is 4. The molecule has 0 bridgehead atoms. The van der Waals surface area contributed by atoms with Gasteiger partial charge in [0.05, 0.1) is 6.10 Å². The molecule has 1 amide bonds. The van der Waals surface area contributed by atoms with E-state index in [1.54, 1.807) is 0 Å². The molecule has 0 aromatic heterocycles. The molecule has 0 spiro atoms. The zero-order valence-electron chi connectivity index (χ0n) is 15.9. The molecule has 2 rings (SSSR count). The highest BCUT2D eigenvalue weighted by molar-refractivity contribution is 5.77. The first-order valence-electron chi connectivity index (χ1n) is 9.87. The molecule has 1 unspecified atom stereocenters. The normalized spacial score (nSPS) is 18.5. The molecule has 0 saturated carbocycles. The first-order chi connectivity index (χ1) is 13.1. The first-order valence-corrected chi connectivity index (χ1v) is 9.87. The van der Waals surface area contributed by atoms with Gasteiger partial charge in [0.25, 0.3) is 0 Å². The summed E-state index contributed by atoms with van der Waals surface area (Å²) >= 11 is 0. The number of carboxylic acid groups (broad SMARTS) is 1. The van der Waals surface area contributed by atoms with Crippen molar-refractivity contribution in [2.24, 2.45) is 0 Å². The molecule has 1 heterocycles. The maximum atomic E-state index is 12.3. The molecule has 0 radical (unpaired) electrons. The van der Waals surface area contributed by atoms with E-state index in [9.17, 15) is 14.7 Å². The summed E-state index contributed by atoms with van der Waals surface area (Å²) in [5.74, 6) is -0.773. The Morgan fingerprint density at radius 2 is 2.04 bits per heavy atom. The van der Waals surface area contributed by atoms with Gasteiger partial charge in [0, 0.05) is 25.6 Å². The third-order valence-corrected chi connectivity index (χ3v) is 5.00. The molecule has 27 heavy (non-hydrogen) atoms. The maximum absolute atomic E-state index is 12.3. The second kappa shape index (κ2) is 11.7. The van der Waals surface area contributed by atoms with E-state index in [2.05, 4.69) is 0 Å². The van der Waals surface area contributed by atoms with Crippen LogP contribution in [-0.4, -0.2) is 58.9 Å². The van der Waals surface area contributed by atoms with Gasteiger partial charge >= 0.3 is 5.97 Å². The number of rotatable bonds is 12. The number of aliphatic hydroxyl groups is 1. The fourth-order valence-corrected chi connectivity index (χ4v) is 3.62. The fraction of sp³-hybridized carbons (Fsp3) is 0.619. The predicted octanol–water partition coefficient (Wildman–Crippen LogP) is 2.63. The summed E-state index contributed by atoms with van der Waals surface area (Å²) in [5.41, 5.74) is 1.13. The van der Waals surface area contributed by atoms with Gasteiger partial charge in [0.1, 0.15) is 6.61 Å². The summed E-state index contributed by atoms with van der Waals surface area (Å²) in [6.45, 7) is 0.800. The lowest BCUT2D eigenvalue weighted by Crippen LogP contribution is -2.44. The van der Waals surface area contributed by atoms with Gasteiger partial charge in [-0.2, -0.15) is 0 Å². The van der Waals surface area contributed by atoms with Gasteiger partial charge in [0.15, 0.2) is 0 Å². The summed E-state index contributed by atoms with van der Waals surface area (Å²) in [6, 6.07) is 10.1. The Morgan fingerprint density at radius 1 is 1.26 bits per heavy atom. The van der Waals surface area contributed by atoms with E-state index in [1.165, 1.54) is 0 Å². The number of benzene rings is 1. The highest BCUT2D eigenvalue weighted by atomic mass is 16.5. The number of carbonyl (C=O) groups excluding carboxylic acids is 1. The quantitative estimate of drug-likeness (QED) is 0.547. The number of unbranched alkanes of at least 4 members (excludes halogenated alkanes) is 1. The van der Waals surface area contributed by atoms with Gasteiger partial charge in [-0.1, -0.05) is 30.3 Å². The molecule has 2 N–H and O–H groups in total. The Balaban J connectivity index is 1.72. The Bertz CT molecular complexity index is 577. The number of nitrogens with zero attached hydrogens (tertiary/aromatic N) is 1. The van der Waals surface area contributed by atoms with Crippen LogP contribution in [0.25, 0.3) is 0 Å². The molecule has 1 aromatic rings. The zero-order valence-corrected chi connectivity index (χ0v) is 15.9. The Hall–Kier alpha value is -1.92. The van der Waals surface area contributed by atoms with Crippen molar-refractivity contribution in [2.45, 2.75) is 63.5 Å². The first kappa shape index (κ1) is 21.4. The Kier molecular flexibility index (Phi) is 9.28. The largest absolute Gasteiger partial charge is 0.480 e. The van der Waals surface area contributed by atoms with Crippen LogP contribution in [0.2, 0.25) is 0 Å². The smallest absolute Gasteiger partial charge is 0.329 e. The van der Waals surface area contributed by atoms with Crippen LogP contribution in [0.15, 0.2) is 30.3 Å². The molecule has 6 heteroatoms. The summed E-state index contributed by atoms with van der Waals surface area (Å²) in [6.07, 6.45) is 5.78. The number of aliphatic hydroxyl groups excluding tert-OH is 1. The van der Waals surface area contributed by atoms with Gasteiger partial charge in [-0.05, 0) is 50.5 Å². The molecule has 2 atom stereocenters. The molecule has 6 nitrogen and oxygen atoms in total. The summed E-state index contributed by atoms with van der Waals surface area (Å²) in [5, 5.41) is 18.9. The average Bonchev–Trinajstić information content (AvgIpc) is 2.65. The van der Waals surface area contributed by atoms with E-state index in [0.717, 1.165) is 37.7 Å². The monoisotopic (exact) mass is 377 g/mol. The van der Waals surface area contributed by atoms with Crippen molar-refractivity contribution in [1.82, 2.24) is 4.90 Å². The number of amides is 1. The average molecular weight is 377 g/mol. The lowest BCUT2D eigenvalue weighted by molar-refractivity contribution is -0.142. The van der Waals surface area contributed by atoms with Crippen molar-refractivity contribution in [3.8, 4) is 0 Å². The van der Waals surface area contributed by atoms with Crippen LogP contribution < -0.4 is 0 Å². The van der Waals surface area contributed by atoms with Crippen molar-refractivity contribution in [3.05, 3.63) is 35.9 Å². The van der Waals surface area contributed by atoms with Gasteiger partial charge in [-0.3, -0.25) is 4.79 Å². The van der Waals surface area contributed by atoms with E-state index >= 15 is 0 Å². The third-order valence-electron chi connectivity index (χ3n) is 5.00. The van der Waals surface area contributed by atoms with Crippen LogP contribution in [0.1, 0.15) is 50.5 Å². The minimum atomic E-state index is -0.963. The van der Waals surface area contributed by atoms with Crippen LogP contribution in [-0.2, 0) is 20.7 Å². The number of piperidine rings is 1. The molecule has 1 fully saturated rings. The fourth-order valence-electron chi connectivity index (χ4n) is 3.62. The van der Waals surface area contributed by atoms with Gasteiger partial charge in [-0.25, -0.2) is 4.79 Å². The Morgan fingerprint density at radius 3 is 2.78 bits per heavy atom. The van der Waals surface area contributed by atoms with E-state index in [-0.39, 0.29) is 18.6 Å².